The van der Waals surface area contributed by atoms with Gasteiger partial charge in [-0.2, -0.15) is 0 Å². The first-order chi connectivity index (χ1) is 10.7. The molecule has 0 N–H and O–H groups in total. The lowest BCUT2D eigenvalue weighted by Gasteiger charge is -2.10. The van der Waals surface area contributed by atoms with E-state index in [9.17, 15) is 4.79 Å². The van der Waals surface area contributed by atoms with Gasteiger partial charge in [-0.1, -0.05) is 30.3 Å². The Kier molecular flexibility index (Phi) is 5.37. The Balaban J connectivity index is 2.24. The molecule has 2 aromatic rings. The van der Waals surface area contributed by atoms with Crippen molar-refractivity contribution in [3.05, 3.63) is 71.5 Å². The van der Waals surface area contributed by atoms with Crippen LogP contribution in [-0.4, -0.2) is 20.0 Å². The van der Waals surface area contributed by atoms with Gasteiger partial charge in [0, 0.05) is 17.6 Å². The highest BCUT2D eigenvalue weighted by molar-refractivity contribution is 6.03. The molecular formula is C19H20O3. The second-order valence-electron chi connectivity index (χ2n) is 5.03. The number of carbonyl (C=O) groups is 1. The average molecular weight is 296 g/mol. The second kappa shape index (κ2) is 7.46. The van der Waals surface area contributed by atoms with Crippen LogP contribution in [0.25, 0.3) is 5.57 Å². The quantitative estimate of drug-likeness (QED) is 0.590. The van der Waals surface area contributed by atoms with E-state index in [1.165, 1.54) is 0 Å². The highest BCUT2D eigenvalue weighted by Crippen LogP contribution is 2.23. The first-order valence-electron chi connectivity index (χ1n) is 7.10. The summed E-state index contributed by atoms with van der Waals surface area (Å²) in [6, 6.07) is 15.3. The molecule has 0 atom stereocenters. The van der Waals surface area contributed by atoms with E-state index in [-0.39, 0.29) is 5.78 Å². The molecule has 0 saturated heterocycles. The normalized spacial score (nSPS) is 11.1. The van der Waals surface area contributed by atoms with E-state index in [1.54, 1.807) is 20.5 Å². The molecular weight excluding hydrogens is 276 g/mol. The van der Waals surface area contributed by atoms with Gasteiger partial charge in [-0.25, -0.2) is 0 Å². The molecule has 0 bridgehead atoms. The maximum atomic E-state index is 12.6. The third kappa shape index (κ3) is 3.76. The van der Waals surface area contributed by atoms with Gasteiger partial charge in [0.05, 0.1) is 20.5 Å². The fourth-order valence-electron chi connectivity index (χ4n) is 2.35. The van der Waals surface area contributed by atoms with Crippen LogP contribution in [0, 0.1) is 6.92 Å². The van der Waals surface area contributed by atoms with Gasteiger partial charge in [0.15, 0.2) is 5.78 Å². The Hall–Kier alpha value is -2.55. The summed E-state index contributed by atoms with van der Waals surface area (Å²) >= 11 is 0. The van der Waals surface area contributed by atoms with Crippen molar-refractivity contribution in [3.63, 3.8) is 0 Å². The highest BCUT2D eigenvalue weighted by atomic mass is 16.5. The summed E-state index contributed by atoms with van der Waals surface area (Å²) in [5.74, 6) is 0.817. The fraction of sp³-hybridized carbons (Fsp3) is 0.211. The van der Waals surface area contributed by atoms with Crippen molar-refractivity contribution in [1.82, 2.24) is 0 Å². The highest BCUT2D eigenvalue weighted by Gasteiger charge is 2.13. The zero-order valence-electron chi connectivity index (χ0n) is 13.1. The standard InChI is InChI=1S/C19H20O3/c1-14-11-17(22-3)9-10-18(14)19(20)12-16(13-21-2)15-7-5-4-6-8-15/h4-11,13H,12H2,1-3H3/b16-13+. The summed E-state index contributed by atoms with van der Waals surface area (Å²) in [7, 11) is 3.21. The zero-order chi connectivity index (χ0) is 15.9. The molecule has 0 radical (unpaired) electrons. The van der Waals surface area contributed by atoms with Crippen LogP contribution in [0.2, 0.25) is 0 Å². The Morgan fingerprint density at radius 2 is 1.82 bits per heavy atom. The summed E-state index contributed by atoms with van der Waals surface area (Å²) in [4.78, 5) is 12.6. The molecule has 3 nitrogen and oxygen atoms in total. The van der Waals surface area contributed by atoms with Crippen molar-refractivity contribution in [1.29, 1.82) is 0 Å². The van der Waals surface area contributed by atoms with Crippen molar-refractivity contribution in [2.24, 2.45) is 0 Å². The molecule has 2 rings (SSSR count). The van der Waals surface area contributed by atoms with Crippen LogP contribution in [-0.2, 0) is 4.74 Å². The summed E-state index contributed by atoms with van der Waals surface area (Å²) in [5, 5.41) is 0. The minimum atomic E-state index is 0.0623. The third-order valence-electron chi connectivity index (χ3n) is 3.49. The van der Waals surface area contributed by atoms with Crippen LogP contribution in [0.5, 0.6) is 5.75 Å². The third-order valence-corrected chi connectivity index (χ3v) is 3.49. The molecule has 3 heteroatoms. The van der Waals surface area contributed by atoms with Gasteiger partial charge in [0.25, 0.3) is 0 Å². The minimum absolute atomic E-state index is 0.0623. The van der Waals surface area contributed by atoms with Gasteiger partial charge in [0.1, 0.15) is 5.75 Å². The van der Waals surface area contributed by atoms with Crippen LogP contribution in [0.4, 0.5) is 0 Å². The first kappa shape index (κ1) is 15.8. The van der Waals surface area contributed by atoms with E-state index in [1.807, 2.05) is 55.5 Å². The molecule has 0 saturated carbocycles. The van der Waals surface area contributed by atoms with Crippen LogP contribution in [0.1, 0.15) is 27.9 Å². The van der Waals surface area contributed by atoms with E-state index < -0.39 is 0 Å². The summed E-state index contributed by atoms with van der Waals surface area (Å²) in [6.07, 6.45) is 1.93. The van der Waals surface area contributed by atoms with Crippen molar-refractivity contribution in [3.8, 4) is 5.75 Å². The molecule has 0 amide bonds. The predicted octanol–water partition coefficient (Wildman–Crippen LogP) is 4.26. The Bertz CT molecular complexity index is 672. The van der Waals surface area contributed by atoms with Crippen LogP contribution < -0.4 is 4.74 Å². The van der Waals surface area contributed by atoms with E-state index in [0.29, 0.717) is 12.0 Å². The minimum Gasteiger partial charge on any atom is -0.504 e. The van der Waals surface area contributed by atoms with Gasteiger partial charge >= 0.3 is 0 Å². The Morgan fingerprint density at radius 3 is 2.41 bits per heavy atom. The lowest BCUT2D eigenvalue weighted by atomic mass is 9.96. The number of ether oxygens (including phenoxy) is 2. The maximum Gasteiger partial charge on any atom is 0.167 e. The van der Waals surface area contributed by atoms with Crippen LogP contribution in [0.15, 0.2) is 54.8 Å². The van der Waals surface area contributed by atoms with Crippen LogP contribution in [0.3, 0.4) is 0 Å². The van der Waals surface area contributed by atoms with Crippen molar-refractivity contribution in [2.45, 2.75) is 13.3 Å². The molecule has 0 unspecified atom stereocenters. The van der Waals surface area contributed by atoms with Crippen LogP contribution >= 0.6 is 0 Å². The number of Topliss-reactive ketones (excluding diaryl/α,β-unsaturated/α-hetero) is 1. The maximum absolute atomic E-state index is 12.6. The predicted molar refractivity (Wildman–Crippen MR) is 88.1 cm³/mol. The average Bonchev–Trinajstić information content (AvgIpc) is 2.55. The van der Waals surface area contributed by atoms with Crippen molar-refractivity contribution < 1.29 is 14.3 Å². The van der Waals surface area contributed by atoms with E-state index in [0.717, 1.165) is 22.4 Å². The van der Waals surface area contributed by atoms with Crippen molar-refractivity contribution in [2.75, 3.05) is 14.2 Å². The molecule has 114 valence electrons. The molecule has 2 aromatic carbocycles. The molecule has 0 aromatic heterocycles. The topological polar surface area (TPSA) is 35.5 Å². The monoisotopic (exact) mass is 296 g/mol. The molecule has 0 aliphatic rings. The number of aryl methyl sites for hydroxylation is 1. The summed E-state index contributed by atoms with van der Waals surface area (Å²) in [6.45, 7) is 1.91. The second-order valence-corrected chi connectivity index (χ2v) is 5.03. The first-order valence-corrected chi connectivity index (χ1v) is 7.10. The number of benzene rings is 2. The lowest BCUT2D eigenvalue weighted by molar-refractivity contribution is 0.0997. The SMILES string of the molecule is CO/C=C(\CC(=O)c1ccc(OC)cc1C)c1ccccc1. The Morgan fingerprint density at radius 1 is 1.09 bits per heavy atom. The van der Waals surface area contributed by atoms with E-state index in [4.69, 9.17) is 9.47 Å². The number of allylic oxidation sites excluding steroid dienone is 1. The van der Waals surface area contributed by atoms with Gasteiger partial charge < -0.3 is 9.47 Å². The van der Waals surface area contributed by atoms with E-state index >= 15 is 0 Å². The number of ketones is 1. The Labute approximate surface area is 131 Å². The molecule has 0 fully saturated rings. The molecule has 0 spiro atoms. The molecule has 0 aliphatic carbocycles. The lowest BCUT2D eigenvalue weighted by Crippen LogP contribution is -2.04. The van der Waals surface area contributed by atoms with Crippen molar-refractivity contribution >= 4 is 11.4 Å². The number of hydrogen-bond acceptors (Lipinski definition) is 3. The molecule has 22 heavy (non-hydrogen) atoms. The molecule has 0 aliphatic heterocycles. The zero-order valence-corrected chi connectivity index (χ0v) is 13.1. The van der Waals surface area contributed by atoms with Gasteiger partial charge in [-0.3, -0.25) is 4.79 Å². The largest absolute Gasteiger partial charge is 0.504 e. The smallest absolute Gasteiger partial charge is 0.167 e. The van der Waals surface area contributed by atoms with Gasteiger partial charge in [0.2, 0.25) is 0 Å². The van der Waals surface area contributed by atoms with Gasteiger partial charge in [-0.15, -0.1) is 0 Å². The summed E-state index contributed by atoms with van der Waals surface area (Å²) < 4.78 is 10.3. The number of hydrogen-bond donors (Lipinski definition) is 0. The fourth-order valence-corrected chi connectivity index (χ4v) is 2.35. The van der Waals surface area contributed by atoms with E-state index in [2.05, 4.69) is 0 Å². The van der Waals surface area contributed by atoms with Gasteiger partial charge in [-0.05, 0) is 36.2 Å². The molecule has 0 heterocycles. The summed E-state index contributed by atoms with van der Waals surface area (Å²) in [5.41, 5.74) is 3.47. The number of methoxy groups -OCH3 is 2. The number of rotatable bonds is 6. The number of carbonyl (C=O) groups excluding carboxylic acids is 1.